The molecule has 2 aliphatic heterocycles. The molecule has 0 radical (unpaired) electrons. The molecule has 2 rings (SSSR count). The largest absolute Gasteiger partial charge is 0.394 e. The molecular weight excluding hydrogens is 979 g/mol. The van der Waals surface area contributed by atoms with Crippen molar-refractivity contribution in [3.8, 4) is 0 Å². The lowest BCUT2D eigenvalue weighted by Crippen LogP contribution is -2.65. The van der Waals surface area contributed by atoms with Crippen LogP contribution in [0.3, 0.4) is 0 Å². The molecule has 77 heavy (non-hydrogen) atoms. The summed E-state index contributed by atoms with van der Waals surface area (Å²) in [5, 5.41) is 87.1. The van der Waals surface area contributed by atoms with Crippen molar-refractivity contribution in [2.24, 2.45) is 0 Å². The smallest absolute Gasteiger partial charge is 0.220 e. The first-order chi connectivity index (χ1) is 37.6. The van der Waals surface area contributed by atoms with E-state index in [0.717, 1.165) is 70.6 Å². The Balaban J connectivity index is 1.77. The van der Waals surface area contributed by atoms with Crippen molar-refractivity contribution in [2.75, 3.05) is 19.8 Å². The van der Waals surface area contributed by atoms with Crippen LogP contribution in [0, 0.1) is 0 Å². The minimum absolute atomic E-state index is 0.259. The maximum atomic E-state index is 13.3. The Kier molecular flexibility index (Phi) is 43.7. The van der Waals surface area contributed by atoms with Crippen molar-refractivity contribution in [2.45, 2.75) is 286 Å². The Morgan fingerprint density at radius 3 is 1.43 bits per heavy atom. The van der Waals surface area contributed by atoms with Crippen LogP contribution < -0.4 is 5.32 Å². The molecule has 0 aromatic carbocycles. The highest BCUT2D eigenvalue weighted by molar-refractivity contribution is 5.76. The molecule has 0 aliphatic carbocycles. The van der Waals surface area contributed by atoms with Crippen LogP contribution in [0.1, 0.15) is 213 Å². The highest BCUT2D eigenvalue weighted by Crippen LogP contribution is 2.30. The van der Waals surface area contributed by atoms with E-state index in [1.165, 1.54) is 109 Å². The van der Waals surface area contributed by atoms with Gasteiger partial charge in [0.15, 0.2) is 12.6 Å². The molecule has 0 saturated carbocycles. The predicted octanol–water partition coefficient (Wildman–Crippen LogP) is 10.5. The van der Waals surface area contributed by atoms with Gasteiger partial charge in [-0.05, 0) is 77.0 Å². The Morgan fingerprint density at radius 2 is 0.909 bits per heavy atom. The highest BCUT2D eigenvalue weighted by atomic mass is 16.7. The molecule has 444 valence electrons. The maximum absolute atomic E-state index is 13.3. The van der Waals surface area contributed by atoms with Gasteiger partial charge in [-0.3, -0.25) is 4.79 Å². The van der Waals surface area contributed by atoms with Gasteiger partial charge in [-0.15, -0.1) is 0 Å². The van der Waals surface area contributed by atoms with E-state index >= 15 is 0 Å². The second kappa shape index (κ2) is 47.9. The van der Waals surface area contributed by atoms with E-state index in [4.69, 9.17) is 18.9 Å². The second-order valence-corrected chi connectivity index (χ2v) is 21.1. The van der Waals surface area contributed by atoms with Gasteiger partial charge < -0.3 is 65.1 Å². The summed E-state index contributed by atoms with van der Waals surface area (Å²) in [5.41, 5.74) is 0. The number of amides is 1. The van der Waals surface area contributed by atoms with Crippen LogP contribution in [0.25, 0.3) is 0 Å². The van der Waals surface area contributed by atoms with Gasteiger partial charge in [0, 0.05) is 6.42 Å². The highest BCUT2D eigenvalue weighted by Gasteiger charge is 2.51. The molecule has 0 aromatic rings. The van der Waals surface area contributed by atoms with Gasteiger partial charge in [0.05, 0.1) is 32.0 Å². The van der Waals surface area contributed by atoms with E-state index in [-0.39, 0.29) is 18.9 Å². The van der Waals surface area contributed by atoms with E-state index in [0.29, 0.717) is 12.8 Å². The van der Waals surface area contributed by atoms with Crippen LogP contribution in [0.2, 0.25) is 0 Å². The minimum Gasteiger partial charge on any atom is -0.394 e. The zero-order valence-corrected chi connectivity index (χ0v) is 47.7. The third-order valence-corrected chi connectivity index (χ3v) is 14.3. The molecule has 14 heteroatoms. The average Bonchev–Trinajstić information content (AvgIpc) is 3.44. The van der Waals surface area contributed by atoms with Crippen molar-refractivity contribution in [1.82, 2.24) is 5.32 Å². The summed E-state index contributed by atoms with van der Waals surface area (Å²) in [6.45, 7) is 2.66. The van der Waals surface area contributed by atoms with Gasteiger partial charge in [-0.25, -0.2) is 0 Å². The third-order valence-electron chi connectivity index (χ3n) is 14.3. The number of hydrogen-bond donors (Lipinski definition) is 9. The second-order valence-electron chi connectivity index (χ2n) is 21.1. The Morgan fingerprint density at radius 1 is 0.481 bits per heavy atom. The van der Waals surface area contributed by atoms with Crippen molar-refractivity contribution < 1.29 is 64.6 Å². The number of rotatable bonds is 47. The maximum Gasteiger partial charge on any atom is 0.220 e. The van der Waals surface area contributed by atoms with E-state index in [2.05, 4.69) is 92.1 Å². The molecule has 14 nitrogen and oxygen atoms in total. The first-order valence-corrected chi connectivity index (χ1v) is 30.3. The van der Waals surface area contributed by atoms with Crippen LogP contribution in [0.4, 0.5) is 0 Å². The molecule has 2 fully saturated rings. The topological polar surface area (TPSA) is 228 Å². The van der Waals surface area contributed by atoms with Crippen LogP contribution in [0.5, 0.6) is 0 Å². The van der Waals surface area contributed by atoms with Gasteiger partial charge in [0.2, 0.25) is 5.91 Å². The molecular formula is C63H109NO13. The van der Waals surface area contributed by atoms with Gasteiger partial charge in [0.1, 0.15) is 48.8 Å². The molecule has 2 aliphatic rings. The number of carbonyl (C=O) groups excluding carboxylic acids is 1. The Bertz CT molecular complexity index is 1610. The number of nitrogens with one attached hydrogen (secondary N) is 1. The molecule has 12 unspecified atom stereocenters. The first kappa shape index (κ1) is 70.3. The Hall–Kier alpha value is -2.83. The number of ether oxygens (including phenoxy) is 4. The fourth-order valence-corrected chi connectivity index (χ4v) is 9.45. The molecule has 12 atom stereocenters. The summed E-state index contributed by atoms with van der Waals surface area (Å²) in [5.74, 6) is -0.259. The van der Waals surface area contributed by atoms with Gasteiger partial charge in [-0.2, -0.15) is 0 Å². The van der Waals surface area contributed by atoms with Crippen LogP contribution in [-0.2, 0) is 23.7 Å². The van der Waals surface area contributed by atoms with Gasteiger partial charge >= 0.3 is 0 Å². The monoisotopic (exact) mass is 1090 g/mol. The number of aliphatic hydroxyl groups excluding tert-OH is 8. The summed E-state index contributed by atoms with van der Waals surface area (Å²) >= 11 is 0. The lowest BCUT2D eigenvalue weighted by molar-refractivity contribution is -0.359. The summed E-state index contributed by atoms with van der Waals surface area (Å²) in [7, 11) is 0. The number of aliphatic hydroxyl groups is 8. The SMILES string of the molecule is CC/C=C\C/C=C\C/C=C\C/C=C\C/C=C\CCCCCCCCCCCC(=O)NC(COC1OC(CO)C(OC2OC(CO)C(O)C(O)C2O)C(O)C1O)C(O)/C=C/CC/C=C/CCCCCCCCCCCCCC. The van der Waals surface area contributed by atoms with Gasteiger partial charge in [0.25, 0.3) is 0 Å². The zero-order chi connectivity index (χ0) is 56.0. The molecule has 2 saturated heterocycles. The third kappa shape index (κ3) is 33.5. The Labute approximate surface area is 465 Å². The number of unbranched alkanes of at least 4 members (excludes halogenated alkanes) is 22. The van der Waals surface area contributed by atoms with Crippen LogP contribution in [0.15, 0.2) is 85.1 Å². The summed E-state index contributed by atoms with van der Waals surface area (Å²) in [4.78, 5) is 13.3. The van der Waals surface area contributed by atoms with Crippen molar-refractivity contribution in [1.29, 1.82) is 0 Å². The van der Waals surface area contributed by atoms with Gasteiger partial charge in [-0.1, -0.05) is 214 Å². The number of carbonyl (C=O) groups is 1. The fraction of sp³-hybridized carbons (Fsp3) is 0.762. The van der Waals surface area contributed by atoms with E-state index < -0.39 is 86.8 Å². The molecule has 9 N–H and O–H groups in total. The zero-order valence-electron chi connectivity index (χ0n) is 47.7. The van der Waals surface area contributed by atoms with Crippen LogP contribution >= 0.6 is 0 Å². The van der Waals surface area contributed by atoms with Crippen LogP contribution in [-0.4, -0.2) is 140 Å². The summed E-state index contributed by atoms with van der Waals surface area (Å²) in [6, 6.07) is -0.940. The molecule has 0 bridgehead atoms. The summed E-state index contributed by atoms with van der Waals surface area (Å²) < 4.78 is 22.8. The van der Waals surface area contributed by atoms with Crippen molar-refractivity contribution in [3.05, 3.63) is 85.1 Å². The van der Waals surface area contributed by atoms with E-state index in [1.807, 2.05) is 6.08 Å². The van der Waals surface area contributed by atoms with Crippen molar-refractivity contribution in [3.63, 3.8) is 0 Å². The lowest BCUT2D eigenvalue weighted by atomic mass is 9.97. The first-order valence-electron chi connectivity index (χ1n) is 30.3. The van der Waals surface area contributed by atoms with E-state index in [1.54, 1.807) is 6.08 Å². The fourth-order valence-electron chi connectivity index (χ4n) is 9.45. The molecule has 0 spiro atoms. The standard InChI is InChI=1S/C63H109NO13/c1-3-5-7-9-11-13-15-17-19-21-23-24-25-26-27-28-29-31-33-35-37-39-41-43-45-47-55(68)64-51(52(67)46-44-42-40-38-36-34-32-30-22-20-18-16-14-12-10-8-6-4-2)50-74-62-60(73)58(71)61(54(49-66)76-62)77-63-59(72)57(70)56(69)53(48-65)75-63/h5,7,11,13,17,19,23-24,26-27,36,38,44,46,51-54,56-63,65-67,69-73H,3-4,6,8-10,12,14-16,18,20-22,25,28-35,37,39-43,45,47-50H2,1-2H3,(H,64,68)/b7-5-,13-11-,19-17-,24-23-,27-26-,38-36+,46-44+. The van der Waals surface area contributed by atoms with Crippen molar-refractivity contribution >= 4 is 5.91 Å². The number of hydrogen-bond acceptors (Lipinski definition) is 13. The predicted molar refractivity (Wildman–Crippen MR) is 309 cm³/mol. The molecule has 0 aromatic heterocycles. The molecule has 1 amide bonds. The molecule has 2 heterocycles. The normalized spacial score (nSPS) is 25.3. The summed E-state index contributed by atoms with van der Waals surface area (Å²) in [6.07, 6.45) is 47.6. The quantitative estimate of drug-likeness (QED) is 0.0204. The average molecular weight is 1090 g/mol. The lowest BCUT2D eigenvalue weighted by Gasteiger charge is -2.46. The number of allylic oxidation sites excluding steroid dienone is 13. The minimum atomic E-state index is -1.79. The van der Waals surface area contributed by atoms with E-state index in [9.17, 15) is 45.6 Å².